The fourth-order valence-corrected chi connectivity index (χ4v) is 3.79. The average Bonchev–Trinajstić information content (AvgIpc) is 2.88. The third-order valence-electron chi connectivity index (χ3n) is 5.33. The van der Waals surface area contributed by atoms with Gasteiger partial charge in [-0.15, -0.1) is 0 Å². The molecule has 0 atom stereocenters. The zero-order valence-electron chi connectivity index (χ0n) is 13.7. The number of hydrogen-bond donors (Lipinski definition) is 0. The van der Waals surface area contributed by atoms with Crippen molar-refractivity contribution in [2.75, 3.05) is 6.54 Å². The van der Waals surface area contributed by atoms with Crippen LogP contribution in [0.4, 0.5) is 0 Å². The van der Waals surface area contributed by atoms with Crippen LogP contribution in [0.3, 0.4) is 0 Å². The van der Waals surface area contributed by atoms with Crippen LogP contribution in [0, 0.1) is 5.41 Å². The summed E-state index contributed by atoms with van der Waals surface area (Å²) in [6.45, 7) is 4.01. The number of amides is 1. The molecule has 1 saturated carbocycles. The summed E-state index contributed by atoms with van der Waals surface area (Å²) in [5.74, 6) is 0.253. The van der Waals surface area contributed by atoms with E-state index in [1.807, 2.05) is 23.1 Å². The predicted molar refractivity (Wildman–Crippen MR) is 90.4 cm³/mol. The second kappa shape index (κ2) is 6.68. The van der Waals surface area contributed by atoms with Crippen molar-refractivity contribution in [2.24, 2.45) is 5.41 Å². The molecular formula is C20H27NO. The molecule has 1 heterocycles. The van der Waals surface area contributed by atoms with Crippen LogP contribution in [0.2, 0.25) is 0 Å². The van der Waals surface area contributed by atoms with Gasteiger partial charge in [0.15, 0.2) is 0 Å². The maximum atomic E-state index is 12.5. The molecule has 1 aliphatic carbocycles. The van der Waals surface area contributed by atoms with Gasteiger partial charge in [0.05, 0.1) is 0 Å². The van der Waals surface area contributed by atoms with Crippen LogP contribution >= 0.6 is 0 Å². The average molecular weight is 297 g/mol. The maximum Gasteiger partial charge on any atom is 0.249 e. The SMILES string of the molecule is CC1(C/C=C2\CCN(Cc3ccccc3)C2=O)CCCCC1. The van der Waals surface area contributed by atoms with E-state index in [2.05, 4.69) is 25.1 Å². The van der Waals surface area contributed by atoms with Crippen molar-refractivity contribution >= 4 is 5.91 Å². The standard InChI is InChI=1S/C20H27NO/c1-20(12-6-3-7-13-20)14-10-18-11-15-21(19(18)22)16-17-8-4-2-5-9-17/h2,4-5,8-10H,3,6-7,11-16H2,1H3/b18-10+. The molecule has 2 nitrogen and oxygen atoms in total. The molecule has 2 aliphatic rings. The molecular weight excluding hydrogens is 270 g/mol. The van der Waals surface area contributed by atoms with Crippen LogP contribution in [-0.4, -0.2) is 17.4 Å². The first-order valence-electron chi connectivity index (χ1n) is 8.69. The van der Waals surface area contributed by atoms with Crippen molar-refractivity contribution < 1.29 is 4.79 Å². The molecule has 1 aromatic rings. The Bertz CT molecular complexity index is 540. The maximum absolute atomic E-state index is 12.5. The molecule has 0 aromatic heterocycles. The fraction of sp³-hybridized carbons (Fsp3) is 0.550. The van der Waals surface area contributed by atoms with Crippen LogP contribution in [-0.2, 0) is 11.3 Å². The Kier molecular flexibility index (Phi) is 4.66. The van der Waals surface area contributed by atoms with Gasteiger partial charge in [-0.3, -0.25) is 4.79 Å². The number of likely N-dealkylation sites (tertiary alicyclic amines) is 1. The quantitative estimate of drug-likeness (QED) is 0.737. The van der Waals surface area contributed by atoms with Crippen molar-refractivity contribution in [3.8, 4) is 0 Å². The summed E-state index contributed by atoms with van der Waals surface area (Å²) in [7, 11) is 0. The van der Waals surface area contributed by atoms with E-state index in [1.54, 1.807) is 0 Å². The highest BCUT2D eigenvalue weighted by Gasteiger charge is 2.29. The molecule has 1 aliphatic heterocycles. The van der Waals surface area contributed by atoms with Gasteiger partial charge in [0.2, 0.25) is 5.91 Å². The molecule has 0 unspecified atom stereocenters. The lowest BCUT2D eigenvalue weighted by atomic mass is 9.73. The normalized spacial score (nSPS) is 23.2. The van der Waals surface area contributed by atoms with Crippen molar-refractivity contribution in [3.63, 3.8) is 0 Å². The first-order valence-corrected chi connectivity index (χ1v) is 8.69. The second-order valence-corrected chi connectivity index (χ2v) is 7.27. The zero-order valence-corrected chi connectivity index (χ0v) is 13.7. The van der Waals surface area contributed by atoms with Crippen LogP contribution < -0.4 is 0 Å². The molecule has 1 amide bonds. The summed E-state index contributed by atoms with van der Waals surface area (Å²) in [6, 6.07) is 10.3. The van der Waals surface area contributed by atoms with Crippen molar-refractivity contribution in [3.05, 3.63) is 47.5 Å². The lowest BCUT2D eigenvalue weighted by Crippen LogP contribution is -2.24. The Hall–Kier alpha value is -1.57. The minimum Gasteiger partial charge on any atom is -0.334 e. The molecule has 0 radical (unpaired) electrons. The smallest absolute Gasteiger partial charge is 0.249 e. The van der Waals surface area contributed by atoms with Gasteiger partial charge >= 0.3 is 0 Å². The van der Waals surface area contributed by atoms with Gasteiger partial charge < -0.3 is 4.90 Å². The Labute approximate surface area is 134 Å². The summed E-state index contributed by atoms with van der Waals surface area (Å²) in [5, 5.41) is 0. The molecule has 1 aromatic carbocycles. The van der Waals surface area contributed by atoms with Gasteiger partial charge in [0, 0.05) is 18.7 Å². The highest BCUT2D eigenvalue weighted by atomic mass is 16.2. The van der Waals surface area contributed by atoms with Crippen LogP contribution in [0.15, 0.2) is 42.0 Å². The highest BCUT2D eigenvalue weighted by Crippen LogP contribution is 2.39. The van der Waals surface area contributed by atoms with E-state index in [0.29, 0.717) is 5.41 Å². The van der Waals surface area contributed by atoms with Gasteiger partial charge in [-0.25, -0.2) is 0 Å². The molecule has 1 saturated heterocycles. The van der Waals surface area contributed by atoms with E-state index >= 15 is 0 Å². The molecule has 0 bridgehead atoms. The van der Waals surface area contributed by atoms with E-state index in [0.717, 1.165) is 31.5 Å². The second-order valence-electron chi connectivity index (χ2n) is 7.27. The van der Waals surface area contributed by atoms with Crippen molar-refractivity contribution in [2.45, 2.75) is 58.4 Å². The number of hydrogen-bond acceptors (Lipinski definition) is 1. The Morgan fingerprint density at radius 1 is 1.14 bits per heavy atom. The highest BCUT2D eigenvalue weighted by molar-refractivity contribution is 5.95. The molecule has 2 heteroatoms. The van der Waals surface area contributed by atoms with Gasteiger partial charge in [0.1, 0.15) is 0 Å². The number of rotatable bonds is 4. The molecule has 118 valence electrons. The predicted octanol–water partition coefficient (Wildman–Crippen LogP) is 4.71. The fourth-order valence-electron chi connectivity index (χ4n) is 3.79. The molecule has 2 fully saturated rings. The Morgan fingerprint density at radius 3 is 2.59 bits per heavy atom. The Morgan fingerprint density at radius 2 is 1.86 bits per heavy atom. The van der Waals surface area contributed by atoms with Crippen molar-refractivity contribution in [1.82, 2.24) is 4.90 Å². The zero-order chi connectivity index (χ0) is 15.4. The summed E-state index contributed by atoms with van der Waals surface area (Å²) in [4.78, 5) is 14.5. The minimum absolute atomic E-state index is 0.253. The van der Waals surface area contributed by atoms with E-state index in [1.165, 1.54) is 37.7 Å². The summed E-state index contributed by atoms with van der Waals surface area (Å²) in [6.07, 6.45) is 11.0. The first kappa shape index (κ1) is 15.3. The first-order chi connectivity index (χ1) is 10.7. The van der Waals surface area contributed by atoms with E-state index in [9.17, 15) is 4.79 Å². The number of carbonyl (C=O) groups is 1. The lowest BCUT2D eigenvalue weighted by molar-refractivity contribution is -0.125. The van der Waals surface area contributed by atoms with Gasteiger partial charge in [-0.1, -0.05) is 62.6 Å². The van der Waals surface area contributed by atoms with Crippen LogP contribution in [0.5, 0.6) is 0 Å². The Balaban J connectivity index is 1.59. The number of carbonyl (C=O) groups excluding carboxylic acids is 1. The lowest BCUT2D eigenvalue weighted by Gasteiger charge is -2.32. The molecule has 0 N–H and O–H groups in total. The summed E-state index contributed by atoms with van der Waals surface area (Å²) in [5.41, 5.74) is 2.69. The van der Waals surface area contributed by atoms with E-state index in [4.69, 9.17) is 0 Å². The number of allylic oxidation sites excluding steroid dienone is 1. The monoisotopic (exact) mass is 297 g/mol. The number of nitrogens with zero attached hydrogens (tertiary/aromatic N) is 1. The molecule has 3 rings (SSSR count). The number of benzene rings is 1. The molecule has 22 heavy (non-hydrogen) atoms. The minimum atomic E-state index is 0.253. The summed E-state index contributed by atoms with van der Waals surface area (Å²) < 4.78 is 0. The van der Waals surface area contributed by atoms with Gasteiger partial charge in [-0.05, 0) is 36.7 Å². The van der Waals surface area contributed by atoms with Crippen molar-refractivity contribution in [1.29, 1.82) is 0 Å². The van der Waals surface area contributed by atoms with E-state index in [-0.39, 0.29) is 5.91 Å². The van der Waals surface area contributed by atoms with Gasteiger partial charge in [0.25, 0.3) is 0 Å². The third kappa shape index (κ3) is 3.60. The van der Waals surface area contributed by atoms with Crippen LogP contribution in [0.1, 0.15) is 57.4 Å². The van der Waals surface area contributed by atoms with Crippen LogP contribution in [0.25, 0.3) is 0 Å². The molecule has 0 spiro atoms. The van der Waals surface area contributed by atoms with Gasteiger partial charge in [-0.2, -0.15) is 0 Å². The topological polar surface area (TPSA) is 20.3 Å². The third-order valence-corrected chi connectivity index (χ3v) is 5.33. The largest absolute Gasteiger partial charge is 0.334 e. The van der Waals surface area contributed by atoms with E-state index < -0.39 is 0 Å². The summed E-state index contributed by atoms with van der Waals surface area (Å²) >= 11 is 0.